The smallest absolute Gasteiger partial charge is 0.0494 e. The van der Waals surface area contributed by atoms with Gasteiger partial charge in [0.15, 0.2) is 0 Å². The second kappa shape index (κ2) is 6.47. The van der Waals surface area contributed by atoms with Gasteiger partial charge in [-0.25, -0.2) is 0 Å². The first-order valence-electron chi connectivity index (χ1n) is 10.6. The van der Waals surface area contributed by atoms with Gasteiger partial charge in [-0.2, -0.15) is 0 Å². The summed E-state index contributed by atoms with van der Waals surface area (Å²) in [7, 11) is 0. The molecule has 0 aliphatic heterocycles. The molecule has 144 valence electrons. The van der Waals surface area contributed by atoms with Crippen LogP contribution in [0, 0.1) is 13.8 Å². The number of hydrogen-bond acceptors (Lipinski definition) is 0. The molecule has 0 aliphatic carbocycles. The van der Waals surface area contributed by atoms with Gasteiger partial charge in [-0.3, -0.25) is 0 Å². The zero-order chi connectivity index (χ0) is 20.2. The summed E-state index contributed by atoms with van der Waals surface area (Å²) in [5, 5.41) is 8.08. The molecule has 0 unspecified atom stereocenters. The summed E-state index contributed by atoms with van der Waals surface area (Å²) in [6, 6.07) is 33.3. The van der Waals surface area contributed by atoms with Gasteiger partial charge in [0.1, 0.15) is 0 Å². The van der Waals surface area contributed by atoms with Crippen molar-refractivity contribution in [3.05, 3.63) is 108 Å². The van der Waals surface area contributed by atoms with Crippen LogP contribution in [-0.2, 0) is 6.54 Å². The molecule has 0 amide bonds. The number of benzene rings is 5. The Labute approximate surface area is 176 Å². The van der Waals surface area contributed by atoms with Crippen LogP contribution in [-0.4, -0.2) is 4.57 Å². The predicted octanol–water partition coefficient (Wildman–Crippen LogP) is 7.77. The number of hydrogen-bond donors (Lipinski definition) is 0. The van der Waals surface area contributed by atoms with Crippen LogP contribution < -0.4 is 0 Å². The van der Waals surface area contributed by atoms with Crippen molar-refractivity contribution in [2.24, 2.45) is 0 Å². The molecule has 0 bridgehead atoms. The third-order valence-electron chi connectivity index (χ3n) is 6.56. The molecule has 0 spiro atoms. The minimum Gasteiger partial charge on any atom is -0.336 e. The molecule has 0 atom stereocenters. The molecule has 0 radical (unpaired) electrons. The number of para-hydroxylation sites is 1. The average molecular weight is 386 g/mol. The topological polar surface area (TPSA) is 4.93 Å². The second-order valence-corrected chi connectivity index (χ2v) is 8.32. The largest absolute Gasteiger partial charge is 0.336 e. The second-order valence-electron chi connectivity index (χ2n) is 8.32. The fourth-order valence-corrected chi connectivity index (χ4v) is 5.10. The van der Waals surface area contributed by atoms with E-state index in [1.807, 2.05) is 0 Å². The first-order valence-corrected chi connectivity index (χ1v) is 10.6. The maximum absolute atomic E-state index is 2.49. The van der Waals surface area contributed by atoms with E-state index >= 15 is 0 Å². The van der Waals surface area contributed by atoms with Gasteiger partial charge in [0, 0.05) is 28.4 Å². The first-order chi connectivity index (χ1) is 14.7. The Morgan fingerprint density at radius 2 is 1.07 bits per heavy atom. The first kappa shape index (κ1) is 17.3. The van der Waals surface area contributed by atoms with E-state index in [0.29, 0.717) is 0 Å². The Balaban J connectivity index is 1.72. The summed E-state index contributed by atoms with van der Waals surface area (Å²) in [5.74, 6) is 0. The van der Waals surface area contributed by atoms with E-state index in [9.17, 15) is 0 Å². The minimum atomic E-state index is 0.856. The van der Waals surface area contributed by atoms with Crippen LogP contribution in [0.2, 0.25) is 0 Å². The molecule has 1 heterocycles. The summed E-state index contributed by atoms with van der Waals surface area (Å²) in [4.78, 5) is 0. The highest BCUT2D eigenvalue weighted by atomic mass is 15.0. The van der Waals surface area contributed by atoms with Crippen LogP contribution >= 0.6 is 0 Å². The Bertz CT molecular complexity index is 1530. The molecule has 0 saturated carbocycles. The van der Waals surface area contributed by atoms with Gasteiger partial charge in [0.25, 0.3) is 0 Å². The van der Waals surface area contributed by atoms with E-state index in [-0.39, 0.29) is 0 Å². The molecule has 5 aromatic carbocycles. The van der Waals surface area contributed by atoms with E-state index in [1.54, 1.807) is 0 Å². The fraction of sp³-hybridized carbons (Fsp3) is 0.103. The van der Waals surface area contributed by atoms with E-state index in [0.717, 1.165) is 6.54 Å². The van der Waals surface area contributed by atoms with E-state index < -0.39 is 0 Å². The summed E-state index contributed by atoms with van der Waals surface area (Å²) >= 11 is 0. The Hall–Kier alpha value is -3.58. The van der Waals surface area contributed by atoms with Gasteiger partial charge in [0.05, 0.1) is 0 Å². The van der Waals surface area contributed by atoms with Gasteiger partial charge in [-0.1, -0.05) is 78.4 Å². The Kier molecular flexibility index (Phi) is 3.73. The Morgan fingerprint density at radius 3 is 1.73 bits per heavy atom. The van der Waals surface area contributed by atoms with Crippen LogP contribution in [0.5, 0.6) is 0 Å². The maximum Gasteiger partial charge on any atom is 0.0494 e. The summed E-state index contributed by atoms with van der Waals surface area (Å²) in [5.41, 5.74) is 6.66. The van der Waals surface area contributed by atoms with Crippen LogP contribution in [0.4, 0.5) is 0 Å². The van der Waals surface area contributed by atoms with Crippen LogP contribution in [0.15, 0.2) is 91.0 Å². The van der Waals surface area contributed by atoms with Gasteiger partial charge in [-0.05, 0) is 64.7 Å². The van der Waals surface area contributed by atoms with Crippen molar-refractivity contribution in [2.45, 2.75) is 20.4 Å². The lowest BCUT2D eigenvalue weighted by Crippen LogP contribution is -2.02. The minimum absolute atomic E-state index is 0.856. The molecule has 0 aliphatic rings. The van der Waals surface area contributed by atoms with E-state index in [4.69, 9.17) is 0 Å². The molecule has 6 aromatic rings. The molecular formula is C29H23N. The van der Waals surface area contributed by atoms with Crippen LogP contribution in [0.25, 0.3) is 43.4 Å². The van der Waals surface area contributed by atoms with Crippen molar-refractivity contribution in [3.63, 3.8) is 0 Å². The summed E-state index contributed by atoms with van der Waals surface area (Å²) in [6.45, 7) is 5.28. The highest BCUT2D eigenvalue weighted by molar-refractivity contribution is 6.09. The fourth-order valence-electron chi connectivity index (χ4n) is 5.10. The highest BCUT2D eigenvalue weighted by Crippen LogP contribution is 2.36. The van der Waals surface area contributed by atoms with Crippen molar-refractivity contribution < 1.29 is 0 Å². The van der Waals surface area contributed by atoms with Crippen molar-refractivity contribution in [2.75, 3.05) is 0 Å². The van der Waals surface area contributed by atoms with Gasteiger partial charge >= 0.3 is 0 Å². The molecule has 0 saturated heterocycles. The lowest BCUT2D eigenvalue weighted by molar-refractivity contribution is 0.882. The van der Waals surface area contributed by atoms with E-state index in [1.165, 1.54) is 60.0 Å². The maximum atomic E-state index is 2.49. The number of aromatic nitrogens is 1. The average Bonchev–Trinajstić information content (AvgIpc) is 3.09. The normalized spacial score (nSPS) is 11.8. The van der Waals surface area contributed by atoms with Crippen molar-refractivity contribution >= 4 is 43.4 Å². The molecule has 30 heavy (non-hydrogen) atoms. The highest BCUT2D eigenvalue weighted by Gasteiger charge is 2.15. The van der Waals surface area contributed by atoms with Gasteiger partial charge < -0.3 is 4.57 Å². The number of nitrogens with zero attached hydrogens (tertiary/aromatic N) is 1. The molecule has 0 fully saturated rings. The quantitative estimate of drug-likeness (QED) is 0.268. The summed E-state index contributed by atoms with van der Waals surface area (Å²) < 4.78 is 2.49. The van der Waals surface area contributed by atoms with Gasteiger partial charge in [-0.15, -0.1) is 0 Å². The van der Waals surface area contributed by atoms with Gasteiger partial charge in [0.2, 0.25) is 0 Å². The zero-order valence-corrected chi connectivity index (χ0v) is 17.3. The monoisotopic (exact) mass is 385 g/mol. The predicted molar refractivity (Wildman–Crippen MR) is 129 cm³/mol. The Morgan fingerprint density at radius 1 is 0.533 bits per heavy atom. The molecule has 1 heteroatoms. The van der Waals surface area contributed by atoms with Crippen molar-refractivity contribution in [1.82, 2.24) is 4.57 Å². The van der Waals surface area contributed by atoms with Crippen LogP contribution in [0.3, 0.4) is 0 Å². The van der Waals surface area contributed by atoms with E-state index in [2.05, 4.69) is 109 Å². The lowest BCUT2D eigenvalue weighted by atomic mass is 9.92. The zero-order valence-electron chi connectivity index (χ0n) is 17.3. The van der Waals surface area contributed by atoms with Crippen molar-refractivity contribution in [3.8, 4) is 0 Å². The molecular weight excluding hydrogens is 362 g/mol. The third kappa shape index (κ3) is 2.42. The molecule has 1 nitrogen and oxygen atoms in total. The number of rotatable bonds is 2. The lowest BCUT2D eigenvalue weighted by Gasteiger charge is -2.16. The number of aryl methyl sites for hydroxylation is 2. The number of fused-ring (bicyclic) bond motifs is 5. The van der Waals surface area contributed by atoms with Crippen molar-refractivity contribution in [1.29, 1.82) is 0 Å². The summed E-state index contributed by atoms with van der Waals surface area (Å²) in [6.07, 6.45) is 0. The molecule has 1 aromatic heterocycles. The molecule has 0 N–H and O–H groups in total. The van der Waals surface area contributed by atoms with Crippen LogP contribution in [0.1, 0.15) is 16.7 Å². The molecule has 6 rings (SSSR count). The third-order valence-corrected chi connectivity index (χ3v) is 6.56. The standard InChI is InChI=1S/C29H23N/c1-19-15-16-29-26(17-19)25-13-7-8-14-28(25)30(29)18-27-23-11-5-3-9-21(23)20(2)22-10-4-6-12-24(22)27/h3-17H,18H2,1-2H3. The SMILES string of the molecule is Cc1ccc2c(c1)c1ccccc1n2Cc1c2ccccc2c(C)c2ccccc12.